The first-order valence-electron chi connectivity index (χ1n) is 6.87. The van der Waals surface area contributed by atoms with E-state index in [0.29, 0.717) is 12.4 Å². The smallest absolute Gasteiger partial charge is 0.148 e. The zero-order valence-electron chi connectivity index (χ0n) is 12.1. The van der Waals surface area contributed by atoms with Crippen molar-refractivity contribution < 1.29 is 5.11 Å². The van der Waals surface area contributed by atoms with Crippen LogP contribution in [0.4, 0.5) is 11.6 Å². The van der Waals surface area contributed by atoms with E-state index in [-0.39, 0.29) is 6.61 Å². The van der Waals surface area contributed by atoms with Crippen LogP contribution in [0.25, 0.3) is 0 Å². The minimum Gasteiger partial charge on any atom is -0.395 e. The van der Waals surface area contributed by atoms with Crippen molar-refractivity contribution in [1.82, 2.24) is 9.97 Å². The molecule has 0 fully saturated rings. The average molecular weight is 267 g/mol. The quantitative estimate of drug-likeness (QED) is 0.485. The molecule has 19 heavy (non-hydrogen) atoms. The van der Waals surface area contributed by atoms with E-state index in [4.69, 9.17) is 5.84 Å². The third kappa shape index (κ3) is 4.04. The molecule has 6 nitrogen and oxygen atoms in total. The lowest BCUT2D eigenvalue weighted by atomic mass is 10.2. The van der Waals surface area contributed by atoms with Gasteiger partial charge in [-0.2, -0.15) is 0 Å². The molecule has 6 heteroatoms. The van der Waals surface area contributed by atoms with Gasteiger partial charge >= 0.3 is 0 Å². The van der Waals surface area contributed by atoms with Crippen LogP contribution in [0.15, 0.2) is 0 Å². The van der Waals surface area contributed by atoms with Gasteiger partial charge in [0.1, 0.15) is 17.5 Å². The molecule has 0 aromatic carbocycles. The van der Waals surface area contributed by atoms with Crippen LogP contribution in [0.5, 0.6) is 0 Å². The van der Waals surface area contributed by atoms with Crippen molar-refractivity contribution in [3.8, 4) is 0 Å². The highest BCUT2D eigenvalue weighted by Gasteiger charge is 2.15. The molecular formula is C13H25N5O. The zero-order chi connectivity index (χ0) is 14.3. The summed E-state index contributed by atoms with van der Waals surface area (Å²) < 4.78 is 0. The van der Waals surface area contributed by atoms with E-state index in [1.54, 1.807) is 0 Å². The predicted molar refractivity (Wildman–Crippen MR) is 78.2 cm³/mol. The largest absolute Gasteiger partial charge is 0.395 e. The molecule has 108 valence electrons. The first-order valence-corrected chi connectivity index (χ1v) is 6.87. The number of nitrogens with one attached hydrogen (secondary N) is 1. The number of rotatable bonds is 8. The molecule has 0 unspecified atom stereocenters. The Bertz CT molecular complexity index is 397. The fraction of sp³-hybridized carbons (Fsp3) is 0.692. The zero-order valence-corrected chi connectivity index (χ0v) is 12.1. The summed E-state index contributed by atoms with van der Waals surface area (Å²) in [5.74, 6) is 7.78. The van der Waals surface area contributed by atoms with Crippen LogP contribution in [-0.4, -0.2) is 34.8 Å². The molecule has 0 amide bonds. The van der Waals surface area contributed by atoms with Crippen molar-refractivity contribution >= 4 is 11.6 Å². The van der Waals surface area contributed by atoms with Gasteiger partial charge in [0.05, 0.1) is 6.61 Å². The molecule has 1 heterocycles. The van der Waals surface area contributed by atoms with Crippen molar-refractivity contribution in [2.75, 3.05) is 30.0 Å². The van der Waals surface area contributed by atoms with E-state index in [9.17, 15) is 5.11 Å². The van der Waals surface area contributed by atoms with Gasteiger partial charge in [0.25, 0.3) is 0 Å². The predicted octanol–water partition coefficient (Wildman–Crippen LogP) is 1.23. The van der Waals surface area contributed by atoms with E-state index < -0.39 is 0 Å². The standard InChI is InChI=1S/C13H25N5O/c1-4-6-7-18(8-9-19)13-10(3)12(17-14)15-11(5-2)16-13/h19H,4-9,14H2,1-3H3,(H,15,16,17). The Kier molecular flexibility index (Phi) is 6.52. The number of aryl methyl sites for hydroxylation is 1. The Morgan fingerprint density at radius 3 is 2.53 bits per heavy atom. The maximum atomic E-state index is 9.22. The fourth-order valence-electron chi connectivity index (χ4n) is 1.95. The summed E-state index contributed by atoms with van der Waals surface area (Å²) in [4.78, 5) is 11.0. The Morgan fingerprint density at radius 2 is 2.00 bits per heavy atom. The van der Waals surface area contributed by atoms with Crippen LogP contribution in [0.1, 0.15) is 38.1 Å². The summed E-state index contributed by atoms with van der Waals surface area (Å²) in [7, 11) is 0. The highest BCUT2D eigenvalue weighted by molar-refractivity contribution is 5.58. The van der Waals surface area contributed by atoms with Crippen LogP contribution in [-0.2, 0) is 6.42 Å². The van der Waals surface area contributed by atoms with Crippen LogP contribution in [0.3, 0.4) is 0 Å². The number of unbranched alkanes of at least 4 members (excludes halogenated alkanes) is 1. The van der Waals surface area contributed by atoms with Crippen LogP contribution in [0.2, 0.25) is 0 Å². The number of nitrogens with two attached hydrogens (primary N) is 1. The van der Waals surface area contributed by atoms with Gasteiger partial charge < -0.3 is 15.4 Å². The van der Waals surface area contributed by atoms with E-state index in [2.05, 4.69) is 27.2 Å². The van der Waals surface area contributed by atoms with Gasteiger partial charge in [-0.25, -0.2) is 15.8 Å². The molecule has 0 saturated heterocycles. The van der Waals surface area contributed by atoms with Gasteiger partial charge in [0, 0.05) is 25.1 Å². The van der Waals surface area contributed by atoms with Crippen molar-refractivity contribution in [1.29, 1.82) is 0 Å². The van der Waals surface area contributed by atoms with Crippen molar-refractivity contribution in [2.45, 2.75) is 40.0 Å². The number of hydrogen-bond donors (Lipinski definition) is 3. The van der Waals surface area contributed by atoms with Crippen molar-refractivity contribution in [2.24, 2.45) is 5.84 Å². The molecular weight excluding hydrogens is 242 g/mol. The summed E-state index contributed by atoms with van der Waals surface area (Å²) in [6.45, 7) is 7.67. The maximum Gasteiger partial charge on any atom is 0.148 e. The molecule has 0 spiro atoms. The molecule has 0 aliphatic carbocycles. The third-order valence-electron chi connectivity index (χ3n) is 3.07. The second-order valence-electron chi connectivity index (χ2n) is 4.50. The molecule has 0 radical (unpaired) electrons. The topological polar surface area (TPSA) is 87.3 Å². The molecule has 0 saturated carbocycles. The second kappa shape index (κ2) is 7.91. The van der Waals surface area contributed by atoms with Crippen LogP contribution in [0, 0.1) is 6.92 Å². The fourth-order valence-corrected chi connectivity index (χ4v) is 1.95. The number of anilines is 2. The molecule has 1 aromatic rings. The Balaban J connectivity index is 3.11. The minimum absolute atomic E-state index is 0.111. The summed E-state index contributed by atoms with van der Waals surface area (Å²) in [6.07, 6.45) is 2.92. The number of nitrogen functional groups attached to an aromatic ring is 1. The average Bonchev–Trinajstić information content (AvgIpc) is 2.44. The summed E-state index contributed by atoms with van der Waals surface area (Å²) in [6, 6.07) is 0. The maximum absolute atomic E-state index is 9.22. The van der Waals surface area contributed by atoms with Gasteiger partial charge in [-0.15, -0.1) is 0 Å². The molecule has 1 rings (SSSR count). The number of aliphatic hydroxyl groups excluding tert-OH is 1. The number of hydrazine groups is 1. The Morgan fingerprint density at radius 1 is 1.26 bits per heavy atom. The lowest BCUT2D eigenvalue weighted by Crippen LogP contribution is -2.30. The van der Waals surface area contributed by atoms with E-state index in [1.807, 2.05) is 13.8 Å². The third-order valence-corrected chi connectivity index (χ3v) is 3.07. The van der Waals surface area contributed by atoms with Gasteiger partial charge in [-0.05, 0) is 13.3 Å². The van der Waals surface area contributed by atoms with Gasteiger partial charge in [-0.1, -0.05) is 20.3 Å². The van der Waals surface area contributed by atoms with E-state index in [0.717, 1.165) is 43.0 Å². The summed E-state index contributed by atoms with van der Waals surface area (Å²) in [5.41, 5.74) is 3.54. The SMILES string of the molecule is CCCCN(CCO)c1nc(CC)nc(NN)c1C. The summed E-state index contributed by atoms with van der Waals surface area (Å²) in [5, 5.41) is 9.22. The second-order valence-corrected chi connectivity index (χ2v) is 4.50. The highest BCUT2D eigenvalue weighted by atomic mass is 16.3. The molecule has 0 aliphatic rings. The van der Waals surface area contributed by atoms with Gasteiger partial charge in [0.15, 0.2) is 0 Å². The summed E-state index contributed by atoms with van der Waals surface area (Å²) >= 11 is 0. The highest BCUT2D eigenvalue weighted by Crippen LogP contribution is 2.23. The van der Waals surface area contributed by atoms with Gasteiger partial charge in [-0.3, -0.25) is 0 Å². The van der Waals surface area contributed by atoms with E-state index in [1.165, 1.54) is 0 Å². The number of aliphatic hydroxyl groups is 1. The normalized spacial score (nSPS) is 10.6. The monoisotopic (exact) mass is 267 g/mol. The van der Waals surface area contributed by atoms with Crippen LogP contribution < -0.4 is 16.2 Å². The molecule has 0 bridgehead atoms. The van der Waals surface area contributed by atoms with Crippen LogP contribution >= 0.6 is 0 Å². The Labute approximate surface area is 115 Å². The molecule has 1 aromatic heterocycles. The number of nitrogens with zero attached hydrogens (tertiary/aromatic N) is 3. The molecule has 0 atom stereocenters. The number of hydrogen-bond acceptors (Lipinski definition) is 6. The Hall–Kier alpha value is -1.40. The number of aromatic nitrogens is 2. The molecule has 0 aliphatic heterocycles. The minimum atomic E-state index is 0.111. The first-order chi connectivity index (χ1) is 9.17. The van der Waals surface area contributed by atoms with E-state index >= 15 is 0 Å². The lowest BCUT2D eigenvalue weighted by Gasteiger charge is -2.25. The van der Waals surface area contributed by atoms with Crippen molar-refractivity contribution in [3.05, 3.63) is 11.4 Å². The van der Waals surface area contributed by atoms with Crippen molar-refractivity contribution in [3.63, 3.8) is 0 Å². The lowest BCUT2D eigenvalue weighted by molar-refractivity contribution is 0.301. The first kappa shape index (κ1) is 15.7. The van der Waals surface area contributed by atoms with Gasteiger partial charge in [0.2, 0.25) is 0 Å². The molecule has 4 N–H and O–H groups in total.